The molecule has 1 saturated heterocycles. The summed E-state index contributed by atoms with van der Waals surface area (Å²) in [7, 11) is 0. The van der Waals surface area contributed by atoms with Crippen LogP contribution >= 0.6 is 0 Å². The number of benzene rings is 1. The molecular formula is C15H23FN2. The molecule has 0 bridgehead atoms. The van der Waals surface area contributed by atoms with Gasteiger partial charge >= 0.3 is 0 Å². The van der Waals surface area contributed by atoms with Crippen LogP contribution in [-0.2, 0) is 0 Å². The molecule has 100 valence electrons. The summed E-state index contributed by atoms with van der Waals surface area (Å²) < 4.78 is 13.0. The van der Waals surface area contributed by atoms with Crippen molar-refractivity contribution in [3.8, 4) is 0 Å². The zero-order valence-electron chi connectivity index (χ0n) is 11.3. The maximum atomic E-state index is 13.0. The van der Waals surface area contributed by atoms with E-state index in [1.807, 2.05) is 12.1 Å². The van der Waals surface area contributed by atoms with E-state index in [4.69, 9.17) is 5.73 Å². The number of halogens is 1. The van der Waals surface area contributed by atoms with Gasteiger partial charge in [0.05, 0.1) is 0 Å². The molecule has 1 heterocycles. The molecule has 2 N–H and O–H groups in total. The lowest BCUT2D eigenvalue weighted by Gasteiger charge is -2.29. The van der Waals surface area contributed by atoms with Crippen LogP contribution in [0.3, 0.4) is 0 Å². The SMILES string of the molecule is CCC(c1ccc(F)cc1)N1CCC(C)(CN)C1. The second-order valence-electron chi connectivity index (χ2n) is 5.71. The highest BCUT2D eigenvalue weighted by molar-refractivity contribution is 5.20. The van der Waals surface area contributed by atoms with E-state index in [-0.39, 0.29) is 11.2 Å². The minimum absolute atomic E-state index is 0.165. The molecule has 3 heteroatoms. The molecule has 1 aliphatic heterocycles. The standard InChI is InChI=1S/C15H23FN2/c1-3-14(12-4-6-13(16)7-5-12)18-9-8-15(2,10-17)11-18/h4-7,14H,3,8-11,17H2,1-2H3. The van der Waals surface area contributed by atoms with Crippen LogP contribution in [-0.4, -0.2) is 24.5 Å². The summed E-state index contributed by atoms with van der Waals surface area (Å²) in [6.45, 7) is 7.31. The Morgan fingerprint density at radius 3 is 2.56 bits per heavy atom. The maximum absolute atomic E-state index is 13.0. The van der Waals surface area contributed by atoms with Crippen molar-refractivity contribution in [2.45, 2.75) is 32.7 Å². The highest BCUT2D eigenvalue weighted by Crippen LogP contribution is 2.35. The van der Waals surface area contributed by atoms with E-state index in [0.717, 1.165) is 32.5 Å². The minimum Gasteiger partial charge on any atom is -0.330 e. The van der Waals surface area contributed by atoms with Crippen LogP contribution in [0.2, 0.25) is 0 Å². The molecule has 0 aromatic heterocycles. The lowest BCUT2D eigenvalue weighted by molar-refractivity contribution is 0.209. The van der Waals surface area contributed by atoms with Gasteiger partial charge in [-0.15, -0.1) is 0 Å². The van der Waals surface area contributed by atoms with Gasteiger partial charge in [0.15, 0.2) is 0 Å². The Balaban J connectivity index is 2.13. The Hall–Kier alpha value is -0.930. The summed E-state index contributed by atoms with van der Waals surface area (Å²) >= 11 is 0. The summed E-state index contributed by atoms with van der Waals surface area (Å²) in [4.78, 5) is 2.49. The molecule has 0 saturated carbocycles. The lowest BCUT2D eigenvalue weighted by Crippen LogP contribution is -2.33. The molecule has 0 radical (unpaired) electrons. The number of nitrogens with zero attached hydrogens (tertiary/aromatic N) is 1. The molecule has 0 amide bonds. The van der Waals surface area contributed by atoms with Gasteiger partial charge in [-0.1, -0.05) is 26.0 Å². The fraction of sp³-hybridized carbons (Fsp3) is 0.600. The van der Waals surface area contributed by atoms with E-state index in [1.165, 1.54) is 5.56 Å². The molecule has 1 fully saturated rings. The fourth-order valence-corrected chi connectivity index (χ4v) is 2.88. The smallest absolute Gasteiger partial charge is 0.123 e. The molecule has 2 nitrogen and oxygen atoms in total. The third-order valence-corrected chi connectivity index (χ3v) is 4.16. The van der Waals surface area contributed by atoms with Gasteiger partial charge in [0.1, 0.15) is 5.82 Å². The summed E-state index contributed by atoms with van der Waals surface area (Å²) in [5.74, 6) is -0.165. The van der Waals surface area contributed by atoms with Gasteiger partial charge in [0, 0.05) is 12.6 Å². The third kappa shape index (κ3) is 2.73. The second kappa shape index (κ2) is 5.37. The van der Waals surface area contributed by atoms with Crippen LogP contribution in [0, 0.1) is 11.2 Å². The largest absolute Gasteiger partial charge is 0.330 e. The van der Waals surface area contributed by atoms with Crippen molar-refractivity contribution in [1.29, 1.82) is 0 Å². The van der Waals surface area contributed by atoms with Crippen molar-refractivity contribution in [2.75, 3.05) is 19.6 Å². The van der Waals surface area contributed by atoms with Gasteiger partial charge in [0.2, 0.25) is 0 Å². The van der Waals surface area contributed by atoms with Crippen LogP contribution < -0.4 is 5.73 Å². The van der Waals surface area contributed by atoms with Gasteiger partial charge in [-0.2, -0.15) is 0 Å². The molecule has 1 aliphatic rings. The van der Waals surface area contributed by atoms with Gasteiger partial charge in [-0.25, -0.2) is 4.39 Å². The Labute approximate surface area is 109 Å². The van der Waals surface area contributed by atoms with Crippen molar-refractivity contribution in [3.05, 3.63) is 35.6 Å². The Morgan fingerprint density at radius 1 is 1.39 bits per heavy atom. The summed E-state index contributed by atoms with van der Waals surface area (Å²) in [5, 5.41) is 0. The molecular weight excluding hydrogens is 227 g/mol. The first-order valence-corrected chi connectivity index (χ1v) is 6.77. The molecule has 2 rings (SSSR count). The average molecular weight is 250 g/mol. The minimum atomic E-state index is -0.165. The van der Waals surface area contributed by atoms with Crippen molar-refractivity contribution in [3.63, 3.8) is 0 Å². The zero-order valence-corrected chi connectivity index (χ0v) is 11.3. The molecule has 18 heavy (non-hydrogen) atoms. The number of likely N-dealkylation sites (tertiary alicyclic amines) is 1. The van der Waals surface area contributed by atoms with Crippen molar-refractivity contribution in [1.82, 2.24) is 4.90 Å². The molecule has 0 aliphatic carbocycles. The first kappa shape index (κ1) is 13.5. The Kier molecular flexibility index (Phi) is 4.03. The first-order chi connectivity index (χ1) is 8.58. The van der Waals surface area contributed by atoms with Gasteiger partial charge in [0.25, 0.3) is 0 Å². The molecule has 1 aromatic rings. The van der Waals surface area contributed by atoms with E-state index in [2.05, 4.69) is 18.7 Å². The molecule has 1 aromatic carbocycles. The Morgan fingerprint density at radius 2 is 2.06 bits per heavy atom. The van der Waals surface area contributed by atoms with E-state index in [9.17, 15) is 4.39 Å². The highest BCUT2D eigenvalue weighted by atomic mass is 19.1. The van der Waals surface area contributed by atoms with Gasteiger partial charge in [-0.05, 0) is 49.0 Å². The fourth-order valence-electron chi connectivity index (χ4n) is 2.88. The first-order valence-electron chi connectivity index (χ1n) is 6.77. The van der Waals surface area contributed by atoms with Gasteiger partial charge in [-0.3, -0.25) is 4.90 Å². The summed E-state index contributed by atoms with van der Waals surface area (Å²) in [6, 6.07) is 7.30. The zero-order chi connectivity index (χ0) is 13.2. The second-order valence-corrected chi connectivity index (χ2v) is 5.71. The van der Waals surface area contributed by atoms with Crippen molar-refractivity contribution < 1.29 is 4.39 Å². The molecule has 2 atom stereocenters. The van der Waals surface area contributed by atoms with E-state index in [1.54, 1.807) is 12.1 Å². The van der Waals surface area contributed by atoms with Crippen LogP contribution in [0.25, 0.3) is 0 Å². The number of rotatable bonds is 4. The number of nitrogens with two attached hydrogens (primary N) is 1. The van der Waals surface area contributed by atoms with E-state index >= 15 is 0 Å². The van der Waals surface area contributed by atoms with Crippen LogP contribution in [0.4, 0.5) is 4.39 Å². The van der Waals surface area contributed by atoms with Crippen molar-refractivity contribution >= 4 is 0 Å². The monoisotopic (exact) mass is 250 g/mol. The quantitative estimate of drug-likeness (QED) is 0.890. The number of hydrogen-bond acceptors (Lipinski definition) is 2. The highest BCUT2D eigenvalue weighted by Gasteiger charge is 2.35. The predicted molar refractivity (Wildman–Crippen MR) is 72.8 cm³/mol. The summed E-state index contributed by atoms with van der Waals surface area (Å²) in [6.07, 6.45) is 2.20. The van der Waals surface area contributed by atoms with Gasteiger partial charge < -0.3 is 5.73 Å². The van der Waals surface area contributed by atoms with E-state index < -0.39 is 0 Å². The average Bonchev–Trinajstić information content (AvgIpc) is 2.76. The maximum Gasteiger partial charge on any atom is 0.123 e. The van der Waals surface area contributed by atoms with Crippen molar-refractivity contribution in [2.24, 2.45) is 11.1 Å². The number of hydrogen-bond donors (Lipinski definition) is 1. The topological polar surface area (TPSA) is 29.3 Å². The van der Waals surface area contributed by atoms with Crippen LogP contribution in [0.1, 0.15) is 38.3 Å². The summed E-state index contributed by atoms with van der Waals surface area (Å²) in [5.41, 5.74) is 7.31. The predicted octanol–water partition coefficient (Wildman–Crippen LogP) is 2.95. The van der Waals surface area contributed by atoms with Crippen LogP contribution in [0.15, 0.2) is 24.3 Å². The third-order valence-electron chi connectivity index (χ3n) is 4.16. The van der Waals surface area contributed by atoms with Crippen LogP contribution in [0.5, 0.6) is 0 Å². The molecule has 0 spiro atoms. The Bertz CT molecular complexity index is 390. The normalized spacial score (nSPS) is 26.4. The molecule has 2 unspecified atom stereocenters. The lowest BCUT2D eigenvalue weighted by atomic mass is 9.90. The van der Waals surface area contributed by atoms with E-state index in [0.29, 0.717) is 6.04 Å².